The second-order valence-electron chi connectivity index (χ2n) is 10.9. The first-order chi connectivity index (χ1) is 16.8. The molecule has 0 heterocycles. The van der Waals surface area contributed by atoms with Gasteiger partial charge in [0.2, 0.25) is 0 Å². The predicted octanol–water partition coefficient (Wildman–Crippen LogP) is 12.3. The minimum Gasteiger partial charge on any atom is -0.198 e. The summed E-state index contributed by atoms with van der Waals surface area (Å²) in [7, 11) is 0. The van der Waals surface area contributed by atoms with Crippen molar-refractivity contribution in [3.8, 4) is 6.07 Å². The zero-order valence-corrected chi connectivity index (χ0v) is 23.8. The van der Waals surface area contributed by atoms with E-state index in [1.165, 1.54) is 161 Å². The third kappa shape index (κ3) is 27.5. The molecule has 1 nitrogen and oxygen atoms in total. The lowest BCUT2D eigenvalue weighted by Gasteiger charge is -2.09. The van der Waals surface area contributed by atoms with Crippen molar-refractivity contribution in [2.24, 2.45) is 5.92 Å². The number of hydrogen-bond acceptors (Lipinski definition) is 1. The Balaban J connectivity index is 3.30. The van der Waals surface area contributed by atoms with Gasteiger partial charge >= 0.3 is 0 Å². The van der Waals surface area contributed by atoms with E-state index in [1.54, 1.807) is 0 Å². The summed E-state index contributed by atoms with van der Waals surface area (Å²) in [4.78, 5) is 0. The third-order valence-electron chi connectivity index (χ3n) is 7.40. The van der Waals surface area contributed by atoms with Gasteiger partial charge in [0.15, 0.2) is 0 Å². The minimum atomic E-state index is 0.317. The SMILES string of the molecule is CCCCCCCCCC=CCCCCCCCCCC(C#N)CCCCCCCCCCC. The summed E-state index contributed by atoms with van der Waals surface area (Å²) >= 11 is 0. The van der Waals surface area contributed by atoms with E-state index in [0.29, 0.717) is 5.92 Å². The first-order valence-electron chi connectivity index (χ1n) is 15.9. The normalized spacial score (nSPS) is 12.4. The molecule has 0 aliphatic rings. The lowest BCUT2D eigenvalue weighted by molar-refractivity contribution is 0.469. The van der Waals surface area contributed by atoms with Crippen LogP contribution in [-0.2, 0) is 0 Å². The maximum atomic E-state index is 9.44. The Hall–Kier alpha value is -0.770. The average Bonchev–Trinajstić information content (AvgIpc) is 2.85. The van der Waals surface area contributed by atoms with E-state index in [2.05, 4.69) is 32.1 Å². The van der Waals surface area contributed by atoms with Gasteiger partial charge in [0, 0.05) is 5.92 Å². The van der Waals surface area contributed by atoms with Crippen molar-refractivity contribution in [3.05, 3.63) is 12.2 Å². The van der Waals surface area contributed by atoms with Crippen molar-refractivity contribution >= 4 is 0 Å². The molecule has 200 valence electrons. The second kappa shape index (κ2) is 30.3. The van der Waals surface area contributed by atoms with Crippen molar-refractivity contribution < 1.29 is 0 Å². The van der Waals surface area contributed by atoms with Crippen LogP contribution in [-0.4, -0.2) is 0 Å². The Morgan fingerprint density at radius 3 is 1.06 bits per heavy atom. The molecule has 0 radical (unpaired) electrons. The Labute approximate surface area is 216 Å². The second-order valence-corrected chi connectivity index (χ2v) is 10.9. The molecule has 1 unspecified atom stereocenters. The van der Waals surface area contributed by atoms with Crippen LogP contribution in [0.25, 0.3) is 0 Å². The summed E-state index contributed by atoms with van der Waals surface area (Å²) in [5, 5.41) is 9.44. The van der Waals surface area contributed by atoms with Crippen LogP contribution in [0.3, 0.4) is 0 Å². The molecule has 0 saturated carbocycles. The molecule has 0 amide bonds. The number of hydrogen-bond donors (Lipinski definition) is 0. The topological polar surface area (TPSA) is 23.8 Å². The highest BCUT2D eigenvalue weighted by atomic mass is 14.3. The van der Waals surface area contributed by atoms with Gasteiger partial charge < -0.3 is 0 Å². The molecule has 0 aromatic heterocycles. The molecule has 0 aromatic carbocycles. The van der Waals surface area contributed by atoms with E-state index in [0.717, 1.165) is 12.8 Å². The predicted molar refractivity (Wildman–Crippen MR) is 154 cm³/mol. The monoisotopic (exact) mass is 473 g/mol. The molecule has 0 bridgehead atoms. The van der Waals surface area contributed by atoms with E-state index >= 15 is 0 Å². The summed E-state index contributed by atoms with van der Waals surface area (Å²) in [6.07, 6.45) is 41.4. The van der Waals surface area contributed by atoms with Gasteiger partial charge in [0.1, 0.15) is 0 Å². The molecule has 0 fully saturated rings. The van der Waals surface area contributed by atoms with Crippen LogP contribution < -0.4 is 0 Å². The molecule has 34 heavy (non-hydrogen) atoms. The van der Waals surface area contributed by atoms with Gasteiger partial charge in [-0.15, -0.1) is 0 Å². The molecular weight excluding hydrogens is 410 g/mol. The van der Waals surface area contributed by atoms with Crippen molar-refractivity contribution in [2.75, 3.05) is 0 Å². The van der Waals surface area contributed by atoms with Gasteiger partial charge in [-0.05, 0) is 38.5 Å². The van der Waals surface area contributed by atoms with Gasteiger partial charge in [0.05, 0.1) is 6.07 Å². The quantitative estimate of drug-likeness (QED) is 0.0818. The number of nitriles is 1. The maximum Gasteiger partial charge on any atom is 0.0655 e. The Morgan fingerprint density at radius 1 is 0.441 bits per heavy atom. The zero-order valence-electron chi connectivity index (χ0n) is 23.8. The van der Waals surface area contributed by atoms with Crippen molar-refractivity contribution in [3.63, 3.8) is 0 Å². The fourth-order valence-corrected chi connectivity index (χ4v) is 4.97. The highest BCUT2D eigenvalue weighted by Gasteiger charge is 2.06. The van der Waals surface area contributed by atoms with Crippen LogP contribution in [0.1, 0.15) is 187 Å². The molecule has 0 spiro atoms. The molecular formula is C33H63N. The number of unbranched alkanes of at least 4 members (excludes halogenated alkanes) is 22. The first kappa shape index (κ1) is 33.2. The number of rotatable bonds is 28. The standard InChI is InChI=1S/C33H63N/c1-3-5-7-9-11-13-14-15-16-17-18-19-20-21-23-25-27-29-31-33(32-34)30-28-26-24-22-12-10-8-6-4-2/h16-17,33H,3-15,18-31H2,1-2H3. The fourth-order valence-electron chi connectivity index (χ4n) is 4.97. The summed E-state index contributed by atoms with van der Waals surface area (Å²) in [5.41, 5.74) is 0. The summed E-state index contributed by atoms with van der Waals surface area (Å²) in [6.45, 7) is 4.57. The Kier molecular flexibility index (Phi) is 29.6. The van der Waals surface area contributed by atoms with Crippen LogP contribution in [0.4, 0.5) is 0 Å². The minimum absolute atomic E-state index is 0.317. The summed E-state index contributed by atoms with van der Waals surface area (Å²) in [6, 6.07) is 2.58. The first-order valence-corrected chi connectivity index (χ1v) is 15.9. The van der Waals surface area contributed by atoms with Gasteiger partial charge in [-0.25, -0.2) is 0 Å². The Bertz CT molecular complexity index is 432. The molecule has 0 aliphatic carbocycles. The van der Waals surface area contributed by atoms with Crippen LogP contribution in [0.2, 0.25) is 0 Å². The highest BCUT2D eigenvalue weighted by molar-refractivity contribution is 4.82. The van der Waals surface area contributed by atoms with E-state index in [1.807, 2.05) is 0 Å². The fraction of sp³-hybridized carbons (Fsp3) is 0.909. The van der Waals surface area contributed by atoms with Crippen LogP contribution in [0.5, 0.6) is 0 Å². The van der Waals surface area contributed by atoms with Crippen molar-refractivity contribution in [2.45, 2.75) is 187 Å². The van der Waals surface area contributed by atoms with Crippen LogP contribution in [0.15, 0.2) is 12.2 Å². The number of allylic oxidation sites excluding steroid dienone is 2. The highest BCUT2D eigenvalue weighted by Crippen LogP contribution is 2.19. The van der Waals surface area contributed by atoms with Crippen LogP contribution >= 0.6 is 0 Å². The molecule has 0 aromatic rings. The summed E-state index contributed by atoms with van der Waals surface area (Å²) < 4.78 is 0. The van der Waals surface area contributed by atoms with Gasteiger partial charge in [-0.2, -0.15) is 5.26 Å². The van der Waals surface area contributed by atoms with E-state index < -0.39 is 0 Å². The smallest absolute Gasteiger partial charge is 0.0655 e. The van der Waals surface area contributed by atoms with Crippen molar-refractivity contribution in [1.82, 2.24) is 0 Å². The molecule has 1 atom stereocenters. The van der Waals surface area contributed by atoms with E-state index in [4.69, 9.17) is 0 Å². The number of nitrogens with zero attached hydrogens (tertiary/aromatic N) is 1. The maximum absolute atomic E-state index is 9.44. The van der Waals surface area contributed by atoms with Gasteiger partial charge in [0.25, 0.3) is 0 Å². The molecule has 0 saturated heterocycles. The van der Waals surface area contributed by atoms with Crippen molar-refractivity contribution in [1.29, 1.82) is 5.26 Å². The summed E-state index contributed by atoms with van der Waals surface area (Å²) in [5.74, 6) is 0.317. The molecule has 0 aliphatic heterocycles. The molecule has 0 rings (SSSR count). The van der Waals surface area contributed by atoms with E-state index in [9.17, 15) is 5.26 Å². The largest absolute Gasteiger partial charge is 0.198 e. The van der Waals surface area contributed by atoms with Gasteiger partial charge in [-0.1, -0.05) is 161 Å². The lowest BCUT2D eigenvalue weighted by Crippen LogP contribution is -1.97. The van der Waals surface area contributed by atoms with Crippen LogP contribution in [0, 0.1) is 17.2 Å². The molecule has 0 N–H and O–H groups in total. The van der Waals surface area contributed by atoms with Gasteiger partial charge in [-0.3, -0.25) is 0 Å². The Morgan fingerprint density at radius 2 is 0.735 bits per heavy atom. The zero-order chi connectivity index (χ0) is 24.8. The molecule has 1 heteroatoms. The third-order valence-corrected chi connectivity index (χ3v) is 7.40. The lowest BCUT2D eigenvalue weighted by atomic mass is 9.95. The van der Waals surface area contributed by atoms with E-state index in [-0.39, 0.29) is 0 Å². The average molecular weight is 474 g/mol.